The lowest BCUT2D eigenvalue weighted by molar-refractivity contribution is -0.0457. The van der Waals surface area contributed by atoms with Crippen LogP contribution in [-0.4, -0.2) is 46.4 Å². The summed E-state index contributed by atoms with van der Waals surface area (Å²) in [5.41, 5.74) is 0.805. The average Bonchev–Trinajstić information content (AvgIpc) is 3.19. The molecule has 7 heteroatoms. The van der Waals surface area contributed by atoms with Gasteiger partial charge in [0, 0.05) is 38.3 Å². The molecule has 0 N–H and O–H groups in total. The first kappa shape index (κ1) is 16.5. The second-order valence-electron chi connectivity index (χ2n) is 6.93. The van der Waals surface area contributed by atoms with Crippen molar-refractivity contribution < 1.29 is 18.4 Å². The summed E-state index contributed by atoms with van der Waals surface area (Å²) in [4.78, 5) is 6.32. The van der Waals surface area contributed by atoms with Crippen molar-refractivity contribution >= 4 is 0 Å². The van der Waals surface area contributed by atoms with Gasteiger partial charge in [0.05, 0.1) is 17.9 Å². The SMILES string of the molecule is Cc1cc(CN2CCC3(CC2)CC(Oc2ncccc2F)CO3)no1. The molecule has 2 aromatic heterocycles. The summed E-state index contributed by atoms with van der Waals surface area (Å²) in [7, 11) is 0. The van der Waals surface area contributed by atoms with Crippen LogP contribution in [-0.2, 0) is 11.3 Å². The molecule has 1 atom stereocenters. The highest BCUT2D eigenvalue weighted by Crippen LogP contribution is 2.37. The van der Waals surface area contributed by atoms with Crippen LogP contribution >= 0.6 is 0 Å². The Morgan fingerprint density at radius 2 is 2.24 bits per heavy atom. The van der Waals surface area contributed by atoms with Crippen LogP contribution in [0.4, 0.5) is 4.39 Å². The molecular formula is C18H22FN3O3. The zero-order chi connectivity index (χ0) is 17.3. The predicted molar refractivity (Wildman–Crippen MR) is 87.7 cm³/mol. The summed E-state index contributed by atoms with van der Waals surface area (Å²) in [6.45, 7) is 5.07. The van der Waals surface area contributed by atoms with Crippen molar-refractivity contribution in [3.05, 3.63) is 41.7 Å². The zero-order valence-electron chi connectivity index (χ0n) is 14.3. The van der Waals surface area contributed by atoms with Gasteiger partial charge in [-0.15, -0.1) is 0 Å². The van der Waals surface area contributed by atoms with E-state index >= 15 is 0 Å². The molecule has 0 saturated carbocycles. The number of nitrogens with zero attached hydrogens (tertiary/aromatic N) is 3. The quantitative estimate of drug-likeness (QED) is 0.847. The van der Waals surface area contributed by atoms with Crippen LogP contribution in [0.15, 0.2) is 28.9 Å². The Morgan fingerprint density at radius 1 is 1.40 bits per heavy atom. The Labute approximate surface area is 145 Å². The highest BCUT2D eigenvalue weighted by Gasteiger charge is 2.44. The van der Waals surface area contributed by atoms with Crippen molar-refractivity contribution in [1.82, 2.24) is 15.0 Å². The van der Waals surface area contributed by atoms with Gasteiger partial charge in [0.25, 0.3) is 5.88 Å². The number of ether oxygens (including phenoxy) is 2. The van der Waals surface area contributed by atoms with Gasteiger partial charge in [-0.3, -0.25) is 4.90 Å². The molecule has 2 aliphatic rings. The van der Waals surface area contributed by atoms with Gasteiger partial charge >= 0.3 is 0 Å². The molecule has 2 aromatic rings. The maximum Gasteiger partial charge on any atom is 0.250 e. The highest BCUT2D eigenvalue weighted by atomic mass is 19.1. The van der Waals surface area contributed by atoms with E-state index < -0.39 is 5.82 Å². The molecule has 1 spiro atoms. The molecule has 134 valence electrons. The standard InChI is InChI=1S/C18H22FN3O3/c1-13-9-14(21-25-13)11-22-7-4-18(5-8-22)10-15(12-23-18)24-17-16(19)3-2-6-20-17/h2-3,6,9,15H,4-5,7-8,10-12H2,1H3. The van der Waals surface area contributed by atoms with E-state index in [0.29, 0.717) is 6.61 Å². The molecule has 4 heterocycles. The molecule has 2 aliphatic heterocycles. The molecule has 25 heavy (non-hydrogen) atoms. The fourth-order valence-electron chi connectivity index (χ4n) is 3.68. The molecule has 2 fully saturated rings. The van der Waals surface area contributed by atoms with Crippen LogP contribution in [0.3, 0.4) is 0 Å². The Kier molecular flexibility index (Phi) is 4.43. The van der Waals surface area contributed by atoms with E-state index in [1.54, 1.807) is 6.07 Å². The number of aryl methyl sites for hydroxylation is 1. The van der Waals surface area contributed by atoms with E-state index in [2.05, 4.69) is 15.0 Å². The van der Waals surface area contributed by atoms with E-state index in [0.717, 1.165) is 50.4 Å². The van der Waals surface area contributed by atoms with Crippen LogP contribution in [0.2, 0.25) is 0 Å². The fraction of sp³-hybridized carbons (Fsp3) is 0.556. The zero-order valence-corrected chi connectivity index (χ0v) is 14.3. The third-order valence-electron chi connectivity index (χ3n) is 5.01. The summed E-state index contributed by atoms with van der Waals surface area (Å²) < 4.78 is 30.6. The average molecular weight is 347 g/mol. The normalized spacial score (nSPS) is 23.2. The first-order chi connectivity index (χ1) is 12.1. The largest absolute Gasteiger partial charge is 0.470 e. The first-order valence-corrected chi connectivity index (χ1v) is 8.68. The topological polar surface area (TPSA) is 60.6 Å². The van der Waals surface area contributed by atoms with E-state index in [1.807, 2.05) is 13.0 Å². The van der Waals surface area contributed by atoms with Crippen LogP contribution in [0.5, 0.6) is 5.88 Å². The van der Waals surface area contributed by atoms with Crippen molar-refractivity contribution in [2.75, 3.05) is 19.7 Å². The number of hydrogen-bond donors (Lipinski definition) is 0. The van der Waals surface area contributed by atoms with Crippen LogP contribution in [0.1, 0.15) is 30.7 Å². The van der Waals surface area contributed by atoms with Crippen molar-refractivity contribution in [3.8, 4) is 5.88 Å². The number of pyridine rings is 1. The second kappa shape index (κ2) is 6.72. The lowest BCUT2D eigenvalue weighted by atomic mass is 9.88. The smallest absolute Gasteiger partial charge is 0.250 e. The fourth-order valence-corrected chi connectivity index (χ4v) is 3.68. The van der Waals surface area contributed by atoms with E-state index in [-0.39, 0.29) is 17.6 Å². The van der Waals surface area contributed by atoms with Gasteiger partial charge in [-0.05, 0) is 31.9 Å². The Bertz CT molecular complexity index is 728. The van der Waals surface area contributed by atoms with Crippen molar-refractivity contribution in [2.24, 2.45) is 0 Å². The van der Waals surface area contributed by atoms with Gasteiger partial charge in [0.15, 0.2) is 5.82 Å². The number of halogens is 1. The Morgan fingerprint density at radius 3 is 2.96 bits per heavy atom. The lowest BCUT2D eigenvalue weighted by Crippen LogP contribution is -2.44. The molecule has 0 aliphatic carbocycles. The summed E-state index contributed by atoms with van der Waals surface area (Å²) in [6.07, 6.45) is 4.05. The van der Waals surface area contributed by atoms with E-state index in [9.17, 15) is 4.39 Å². The minimum absolute atomic E-state index is 0.0620. The second-order valence-corrected chi connectivity index (χ2v) is 6.93. The van der Waals surface area contributed by atoms with E-state index in [4.69, 9.17) is 14.0 Å². The summed E-state index contributed by atoms with van der Waals surface area (Å²) >= 11 is 0. The van der Waals surface area contributed by atoms with Gasteiger partial charge in [-0.2, -0.15) is 0 Å². The van der Waals surface area contributed by atoms with Gasteiger partial charge in [-0.25, -0.2) is 9.37 Å². The predicted octanol–water partition coefficient (Wildman–Crippen LogP) is 2.72. The summed E-state index contributed by atoms with van der Waals surface area (Å²) in [5, 5.41) is 4.06. The van der Waals surface area contributed by atoms with Crippen molar-refractivity contribution in [1.29, 1.82) is 0 Å². The van der Waals surface area contributed by atoms with Crippen molar-refractivity contribution in [2.45, 2.75) is 44.4 Å². The number of likely N-dealkylation sites (tertiary alicyclic amines) is 1. The van der Waals surface area contributed by atoms with Gasteiger partial charge in [0.1, 0.15) is 11.9 Å². The minimum Gasteiger partial charge on any atom is -0.470 e. The molecule has 6 nitrogen and oxygen atoms in total. The Balaban J connectivity index is 1.30. The maximum absolute atomic E-state index is 13.7. The van der Waals surface area contributed by atoms with Crippen LogP contribution in [0.25, 0.3) is 0 Å². The molecule has 0 radical (unpaired) electrons. The first-order valence-electron chi connectivity index (χ1n) is 8.68. The number of rotatable bonds is 4. The summed E-state index contributed by atoms with van der Waals surface area (Å²) in [6, 6.07) is 4.89. The lowest BCUT2D eigenvalue weighted by Gasteiger charge is -2.38. The minimum atomic E-state index is -0.429. The molecule has 4 rings (SSSR count). The molecule has 2 saturated heterocycles. The third kappa shape index (κ3) is 3.67. The number of aromatic nitrogens is 2. The van der Waals surface area contributed by atoms with Gasteiger partial charge < -0.3 is 14.0 Å². The van der Waals surface area contributed by atoms with Gasteiger partial charge in [0.2, 0.25) is 0 Å². The van der Waals surface area contributed by atoms with E-state index in [1.165, 1.54) is 12.3 Å². The summed E-state index contributed by atoms with van der Waals surface area (Å²) in [5.74, 6) is 0.470. The molecule has 1 unspecified atom stereocenters. The highest BCUT2D eigenvalue weighted by molar-refractivity contribution is 5.14. The van der Waals surface area contributed by atoms with Gasteiger partial charge in [-0.1, -0.05) is 5.16 Å². The molecular weight excluding hydrogens is 325 g/mol. The van der Waals surface area contributed by atoms with Crippen LogP contribution < -0.4 is 4.74 Å². The molecule has 0 aromatic carbocycles. The maximum atomic E-state index is 13.7. The number of hydrogen-bond acceptors (Lipinski definition) is 6. The van der Waals surface area contributed by atoms with Crippen molar-refractivity contribution in [3.63, 3.8) is 0 Å². The monoisotopic (exact) mass is 347 g/mol. The molecule has 0 bridgehead atoms. The Hall–Kier alpha value is -1.99. The molecule has 0 amide bonds. The van der Waals surface area contributed by atoms with Crippen LogP contribution in [0, 0.1) is 12.7 Å². The third-order valence-corrected chi connectivity index (χ3v) is 5.01. The number of piperidine rings is 1.